The largest absolute Gasteiger partial charge is 0.495 e. The highest BCUT2D eigenvalue weighted by Crippen LogP contribution is 2.21. The van der Waals surface area contributed by atoms with Crippen molar-refractivity contribution < 1.29 is 9.15 Å². The van der Waals surface area contributed by atoms with Gasteiger partial charge in [-0.25, -0.2) is 0 Å². The molecule has 0 aromatic carbocycles. The number of aryl methyl sites for hydroxylation is 1. The predicted molar refractivity (Wildman–Crippen MR) is 69.6 cm³/mol. The predicted octanol–water partition coefficient (Wildman–Crippen LogP) is 2.58. The summed E-state index contributed by atoms with van der Waals surface area (Å²) in [5.74, 6) is 1.79. The van der Waals surface area contributed by atoms with E-state index in [1.165, 1.54) is 0 Å². The first-order chi connectivity index (χ1) is 8.83. The van der Waals surface area contributed by atoms with Crippen molar-refractivity contribution in [1.82, 2.24) is 10.3 Å². The summed E-state index contributed by atoms with van der Waals surface area (Å²) >= 11 is 0. The first-order valence-corrected chi connectivity index (χ1v) is 6.02. The van der Waals surface area contributed by atoms with Gasteiger partial charge in [0.05, 0.1) is 19.6 Å². The number of nitrogens with one attached hydrogen (secondary N) is 1. The summed E-state index contributed by atoms with van der Waals surface area (Å²) in [6.45, 7) is 0. The molecule has 0 aliphatic rings. The van der Waals surface area contributed by atoms with Gasteiger partial charge in [-0.1, -0.05) is 0 Å². The lowest BCUT2D eigenvalue weighted by atomic mass is 10.0. The highest BCUT2D eigenvalue weighted by molar-refractivity contribution is 5.26. The van der Waals surface area contributed by atoms with E-state index in [2.05, 4.69) is 10.3 Å². The van der Waals surface area contributed by atoms with E-state index < -0.39 is 0 Å². The topological polar surface area (TPSA) is 47.3 Å². The average Bonchev–Trinajstić information content (AvgIpc) is 2.93. The zero-order valence-corrected chi connectivity index (χ0v) is 10.7. The lowest BCUT2D eigenvalue weighted by Crippen LogP contribution is -2.17. The van der Waals surface area contributed by atoms with Crippen molar-refractivity contribution in [3.8, 4) is 5.75 Å². The third kappa shape index (κ3) is 3.11. The Kier molecular flexibility index (Phi) is 4.36. The van der Waals surface area contributed by atoms with Crippen LogP contribution in [0.3, 0.4) is 0 Å². The van der Waals surface area contributed by atoms with Gasteiger partial charge >= 0.3 is 0 Å². The molecule has 2 rings (SSSR count). The van der Waals surface area contributed by atoms with Crippen LogP contribution in [0.2, 0.25) is 0 Å². The van der Waals surface area contributed by atoms with Crippen molar-refractivity contribution in [2.75, 3.05) is 14.2 Å². The van der Waals surface area contributed by atoms with Gasteiger partial charge in [0.2, 0.25) is 0 Å². The fraction of sp³-hybridized carbons (Fsp3) is 0.357. The van der Waals surface area contributed by atoms with E-state index in [0.717, 1.165) is 29.9 Å². The molecule has 0 amide bonds. The van der Waals surface area contributed by atoms with E-state index in [0.29, 0.717) is 0 Å². The molecule has 18 heavy (non-hydrogen) atoms. The van der Waals surface area contributed by atoms with Crippen LogP contribution in [0.15, 0.2) is 41.3 Å². The van der Waals surface area contributed by atoms with Gasteiger partial charge in [-0.05, 0) is 37.2 Å². The Hall–Kier alpha value is -1.81. The molecule has 0 saturated heterocycles. The van der Waals surface area contributed by atoms with Crippen LogP contribution in [0.25, 0.3) is 0 Å². The summed E-state index contributed by atoms with van der Waals surface area (Å²) < 4.78 is 10.5. The fourth-order valence-corrected chi connectivity index (χ4v) is 1.96. The second-order valence-electron chi connectivity index (χ2n) is 4.12. The Bertz CT molecular complexity index is 468. The SMILES string of the molecule is CNC(CCc1ccco1)c1cncc(OC)c1. The second-order valence-corrected chi connectivity index (χ2v) is 4.12. The van der Waals surface area contributed by atoms with Crippen molar-refractivity contribution in [1.29, 1.82) is 0 Å². The van der Waals surface area contributed by atoms with Crippen molar-refractivity contribution >= 4 is 0 Å². The molecule has 4 heteroatoms. The summed E-state index contributed by atoms with van der Waals surface area (Å²) in [4.78, 5) is 4.18. The summed E-state index contributed by atoms with van der Waals surface area (Å²) in [5.41, 5.74) is 1.13. The maximum Gasteiger partial charge on any atom is 0.137 e. The van der Waals surface area contributed by atoms with E-state index in [1.54, 1.807) is 19.6 Å². The Morgan fingerprint density at radius 2 is 2.33 bits per heavy atom. The number of nitrogens with zero attached hydrogens (tertiary/aromatic N) is 1. The van der Waals surface area contributed by atoms with Crippen LogP contribution in [-0.2, 0) is 6.42 Å². The molecule has 1 atom stereocenters. The van der Waals surface area contributed by atoms with E-state index in [9.17, 15) is 0 Å². The minimum absolute atomic E-state index is 0.248. The second kappa shape index (κ2) is 6.21. The van der Waals surface area contributed by atoms with Gasteiger partial charge in [0.15, 0.2) is 0 Å². The average molecular weight is 246 g/mol. The van der Waals surface area contributed by atoms with Crippen molar-refractivity contribution in [2.24, 2.45) is 0 Å². The van der Waals surface area contributed by atoms with Crippen LogP contribution in [0.4, 0.5) is 0 Å². The van der Waals surface area contributed by atoms with Gasteiger partial charge in [-0.3, -0.25) is 4.98 Å². The molecular weight excluding hydrogens is 228 g/mol. The molecule has 0 fully saturated rings. The molecule has 0 radical (unpaired) electrons. The lowest BCUT2D eigenvalue weighted by Gasteiger charge is -2.16. The van der Waals surface area contributed by atoms with Gasteiger partial charge in [0, 0.05) is 18.7 Å². The summed E-state index contributed by atoms with van der Waals surface area (Å²) in [6, 6.07) is 6.17. The van der Waals surface area contributed by atoms with E-state index in [4.69, 9.17) is 9.15 Å². The zero-order chi connectivity index (χ0) is 12.8. The van der Waals surface area contributed by atoms with E-state index in [1.807, 2.05) is 31.4 Å². The molecule has 2 aromatic rings. The number of rotatable bonds is 6. The van der Waals surface area contributed by atoms with Gasteiger partial charge in [0.1, 0.15) is 11.5 Å². The van der Waals surface area contributed by atoms with E-state index in [-0.39, 0.29) is 6.04 Å². The number of hydrogen-bond acceptors (Lipinski definition) is 4. The number of methoxy groups -OCH3 is 1. The first-order valence-electron chi connectivity index (χ1n) is 6.02. The molecule has 0 aliphatic carbocycles. The van der Waals surface area contributed by atoms with Gasteiger partial charge in [-0.2, -0.15) is 0 Å². The highest BCUT2D eigenvalue weighted by atomic mass is 16.5. The third-order valence-corrected chi connectivity index (χ3v) is 2.98. The molecule has 2 heterocycles. The third-order valence-electron chi connectivity index (χ3n) is 2.98. The number of aromatic nitrogens is 1. The minimum Gasteiger partial charge on any atom is -0.495 e. The number of furan rings is 1. The van der Waals surface area contributed by atoms with Crippen molar-refractivity contribution in [2.45, 2.75) is 18.9 Å². The number of hydrogen-bond donors (Lipinski definition) is 1. The summed E-state index contributed by atoms with van der Waals surface area (Å²) in [5, 5.41) is 3.29. The summed E-state index contributed by atoms with van der Waals surface area (Å²) in [7, 11) is 3.60. The normalized spacial score (nSPS) is 12.3. The minimum atomic E-state index is 0.248. The van der Waals surface area contributed by atoms with Crippen LogP contribution >= 0.6 is 0 Å². The Labute approximate surface area is 107 Å². The molecule has 1 N–H and O–H groups in total. The Morgan fingerprint density at radius 3 is 3.00 bits per heavy atom. The molecule has 0 spiro atoms. The molecule has 2 aromatic heterocycles. The van der Waals surface area contributed by atoms with Crippen LogP contribution in [-0.4, -0.2) is 19.1 Å². The molecule has 4 nitrogen and oxygen atoms in total. The number of ether oxygens (including phenoxy) is 1. The maximum absolute atomic E-state index is 5.34. The highest BCUT2D eigenvalue weighted by Gasteiger charge is 2.11. The molecular formula is C14H18N2O2. The van der Waals surface area contributed by atoms with Gasteiger partial charge < -0.3 is 14.5 Å². The monoisotopic (exact) mass is 246 g/mol. The fourth-order valence-electron chi connectivity index (χ4n) is 1.96. The lowest BCUT2D eigenvalue weighted by molar-refractivity contribution is 0.410. The standard InChI is InChI=1S/C14H18N2O2/c1-15-14(6-5-12-4-3-7-18-12)11-8-13(17-2)10-16-9-11/h3-4,7-10,14-15H,5-6H2,1-2H3. The van der Waals surface area contributed by atoms with Crippen LogP contribution < -0.4 is 10.1 Å². The quantitative estimate of drug-likeness (QED) is 0.851. The molecule has 0 aliphatic heterocycles. The van der Waals surface area contributed by atoms with Crippen molar-refractivity contribution in [3.63, 3.8) is 0 Å². The van der Waals surface area contributed by atoms with Crippen LogP contribution in [0.5, 0.6) is 5.75 Å². The molecule has 1 unspecified atom stereocenters. The Morgan fingerprint density at radius 1 is 1.44 bits per heavy atom. The van der Waals surface area contributed by atoms with Crippen LogP contribution in [0.1, 0.15) is 23.8 Å². The molecule has 0 bridgehead atoms. The van der Waals surface area contributed by atoms with E-state index >= 15 is 0 Å². The van der Waals surface area contributed by atoms with Gasteiger partial charge in [-0.15, -0.1) is 0 Å². The summed E-state index contributed by atoms with van der Waals surface area (Å²) in [6.07, 6.45) is 7.14. The Balaban J connectivity index is 2.03. The van der Waals surface area contributed by atoms with Crippen LogP contribution in [0, 0.1) is 0 Å². The maximum atomic E-state index is 5.34. The smallest absolute Gasteiger partial charge is 0.137 e. The van der Waals surface area contributed by atoms with Crippen molar-refractivity contribution in [3.05, 3.63) is 48.2 Å². The zero-order valence-electron chi connectivity index (χ0n) is 10.7. The first kappa shape index (κ1) is 12.6. The molecule has 96 valence electrons. The molecule has 0 saturated carbocycles. The number of pyridine rings is 1. The van der Waals surface area contributed by atoms with Gasteiger partial charge in [0.25, 0.3) is 0 Å².